The SMILES string of the molecule is Fc1ccc(Br)cc1Oc1nc(Cl)ncc1Cl. The van der Waals surface area contributed by atoms with Gasteiger partial charge in [0.15, 0.2) is 11.6 Å². The summed E-state index contributed by atoms with van der Waals surface area (Å²) in [5, 5.41) is 0.119. The highest BCUT2D eigenvalue weighted by Crippen LogP contribution is 2.30. The summed E-state index contributed by atoms with van der Waals surface area (Å²) in [6.07, 6.45) is 1.28. The summed E-state index contributed by atoms with van der Waals surface area (Å²) in [6, 6.07) is 4.27. The van der Waals surface area contributed by atoms with Gasteiger partial charge in [0.05, 0.1) is 6.20 Å². The third kappa shape index (κ3) is 3.06. The molecule has 0 bridgehead atoms. The van der Waals surface area contributed by atoms with Gasteiger partial charge in [0.1, 0.15) is 5.02 Å². The van der Waals surface area contributed by atoms with E-state index in [0.29, 0.717) is 4.47 Å². The first kappa shape index (κ1) is 12.5. The lowest BCUT2D eigenvalue weighted by molar-refractivity contribution is 0.426. The van der Waals surface area contributed by atoms with Crippen LogP contribution in [0, 0.1) is 5.82 Å². The molecule has 0 saturated heterocycles. The summed E-state index contributed by atoms with van der Waals surface area (Å²) in [7, 11) is 0. The van der Waals surface area contributed by atoms with Crippen LogP contribution in [0.1, 0.15) is 0 Å². The molecule has 0 saturated carbocycles. The average Bonchev–Trinajstić information content (AvgIpc) is 2.28. The van der Waals surface area contributed by atoms with Crippen molar-refractivity contribution in [2.45, 2.75) is 0 Å². The van der Waals surface area contributed by atoms with Crippen molar-refractivity contribution in [1.29, 1.82) is 0 Å². The van der Waals surface area contributed by atoms with E-state index >= 15 is 0 Å². The summed E-state index contributed by atoms with van der Waals surface area (Å²) in [6.45, 7) is 0. The molecule has 1 aromatic heterocycles. The molecular formula is C10H4BrCl2FN2O. The lowest BCUT2D eigenvalue weighted by Gasteiger charge is -2.07. The molecule has 7 heteroatoms. The summed E-state index contributed by atoms with van der Waals surface area (Å²) in [5.74, 6) is -0.529. The number of hydrogen-bond donors (Lipinski definition) is 0. The maximum absolute atomic E-state index is 13.4. The molecule has 17 heavy (non-hydrogen) atoms. The lowest BCUT2D eigenvalue weighted by Crippen LogP contribution is -1.93. The maximum Gasteiger partial charge on any atom is 0.242 e. The van der Waals surface area contributed by atoms with Crippen molar-refractivity contribution in [1.82, 2.24) is 9.97 Å². The van der Waals surface area contributed by atoms with Crippen molar-refractivity contribution < 1.29 is 9.13 Å². The Labute approximate surface area is 115 Å². The van der Waals surface area contributed by atoms with E-state index in [1.807, 2.05) is 0 Å². The van der Waals surface area contributed by atoms with Gasteiger partial charge in [0.2, 0.25) is 11.2 Å². The minimum atomic E-state index is -0.529. The zero-order chi connectivity index (χ0) is 12.4. The highest BCUT2D eigenvalue weighted by molar-refractivity contribution is 9.10. The number of halogens is 4. The fourth-order valence-corrected chi connectivity index (χ4v) is 1.66. The lowest BCUT2D eigenvalue weighted by atomic mass is 10.3. The molecule has 0 fully saturated rings. The van der Waals surface area contributed by atoms with E-state index in [2.05, 4.69) is 25.9 Å². The van der Waals surface area contributed by atoms with Crippen molar-refractivity contribution >= 4 is 39.1 Å². The molecule has 88 valence electrons. The number of rotatable bonds is 2. The van der Waals surface area contributed by atoms with Gasteiger partial charge in [-0.25, -0.2) is 9.37 Å². The van der Waals surface area contributed by atoms with Crippen molar-refractivity contribution in [3.8, 4) is 11.6 Å². The number of nitrogens with zero attached hydrogens (tertiary/aromatic N) is 2. The minimum absolute atomic E-state index is 0.00340. The molecule has 0 spiro atoms. The predicted molar refractivity (Wildman–Crippen MR) is 66.2 cm³/mol. The summed E-state index contributed by atoms with van der Waals surface area (Å²) in [5.41, 5.74) is 0. The number of ether oxygens (including phenoxy) is 1. The second kappa shape index (κ2) is 5.16. The van der Waals surface area contributed by atoms with Gasteiger partial charge in [-0.1, -0.05) is 27.5 Å². The fraction of sp³-hybridized carbons (Fsp3) is 0. The topological polar surface area (TPSA) is 35.0 Å². The van der Waals surface area contributed by atoms with Crippen molar-refractivity contribution in [2.24, 2.45) is 0 Å². The molecule has 3 nitrogen and oxygen atoms in total. The van der Waals surface area contributed by atoms with Crippen LogP contribution in [0.4, 0.5) is 4.39 Å². The quantitative estimate of drug-likeness (QED) is 0.758. The van der Waals surface area contributed by atoms with Crippen molar-refractivity contribution in [2.75, 3.05) is 0 Å². The molecule has 2 aromatic rings. The highest BCUT2D eigenvalue weighted by atomic mass is 79.9. The molecule has 0 unspecified atom stereocenters. The Bertz CT molecular complexity index is 518. The zero-order valence-corrected chi connectivity index (χ0v) is 11.2. The Morgan fingerprint density at radius 2 is 2.06 bits per heavy atom. The van der Waals surface area contributed by atoms with Crippen LogP contribution in [0.25, 0.3) is 0 Å². The van der Waals surface area contributed by atoms with Crippen LogP contribution in [0.15, 0.2) is 28.9 Å². The van der Waals surface area contributed by atoms with Gasteiger partial charge in [0.25, 0.3) is 0 Å². The number of hydrogen-bond acceptors (Lipinski definition) is 3. The summed E-state index contributed by atoms with van der Waals surface area (Å²) in [4.78, 5) is 7.42. The van der Waals surface area contributed by atoms with Gasteiger partial charge >= 0.3 is 0 Å². The standard InChI is InChI=1S/C10H4BrCl2FN2O/c11-5-1-2-7(14)8(3-5)17-9-6(12)4-15-10(13)16-9/h1-4H. The van der Waals surface area contributed by atoms with Gasteiger partial charge < -0.3 is 4.74 Å². The zero-order valence-electron chi connectivity index (χ0n) is 8.12. The van der Waals surface area contributed by atoms with E-state index in [9.17, 15) is 4.39 Å². The van der Waals surface area contributed by atoms with Crippen molar-refractivity contribution in [3.05, 3.63) is 45.0 Å². The van der Waals surface area contributed by atoms with Gasteiger partial charge in [-0.2, -0.15) is 4.98 Å². The first-order valence-corrected chi connectivity index (χ1v) is 5.92. The Hall–Kier alpha value is -0.910. The first-order chi connectivity index (χ1) is 8.06. The minimum Gasteiger partial charge on any atom is -0.434 e. The Kier molecular flexibility index (Phi) is 3.81. The van der Waals surface area contributed by atoms with E-state index in [1.54, 1.807) is 6.07 Å². The van der Waals surface area contributed by atoms with Gasteiger partial charge in [-0.05, 0) is 29.8 Å². The van der Waals surface area contributed by atoms with E-state index < -0.39 is 5.82 Å². The van der Waals surface area contributed by atoms with Crippen LogP contribution in [0.3, 0.4) is 0 Å². The van der Waals surface area contributed by atoms with E-state index in [0.717, 1.165) is 0 Å². The number of aromatic nitrogens is 2. The molecule has 0 N–H and O–H groups in total. The average molecular weight is 338 g/mol. The molecule has 2 rings (SSSR count). The third-order valence-electron chi connectivity index (χ3n) is 1.78. The van der Waals surface area contributed by atoms with Crippen LogP contribution in [0.2, 0.25) is 10.3 Å². The van der Waals surface area contributed by atoms with Crippen LogP contribution >= 0.6 is 39.1 Å². The molecule has 0 aliphatic rings. The normalized spacial score (nSPS) is 10.4. The second-order valence-electron chi connectivity index (χ2n) is 2.97. The molecular weight excluding hydrogens is 334 g/mol. The Morgan fingerprint density at radius 3 is 2.82 bits per heavy atom. The van der Waals surface area contributed by atoms with E-state index in [4.69, 9.17) is 27.9 Å². The van der Waals surface area contributed by atoms with Crippen LogP contribution in [-0.2, 0) is 0 Å². The fourth-order valence-electron chi connectivity index (χ4n) is 1.06. The Morgan fingerprint density at radius 1 is 1.29 bits per heavy atom. The van der Waals surface area contributed by atoms with Crippen LogP contribution in [0.5, 0.6) is 11.6 Å². The first-order valence-electron chi connectivity index (χ1n) is 4.37. The molecule has 0 radical (unpaired) electrons. The summed E-state index contributed by atoms with van der Waals surface area (Å²) >= 11 is 14.6. The van der Waals surface area contributed by atoms with Crippen molar-refractivity contribution in [3.63, 3.8) is 0 Å². The monoisotopic (exact) mass is 336 g/mol. The Balaban J connectivity index is 2.37. The molecule has 0 aliphatic carbocycles. The molecule has 0 aliphatic heterocycles. The van der Waals surface area contributed by atoms with Crippen LogP contribution < -0.4 is 4.74 Å². The highest BCUT2D eigenvalue weighted by Gasteiger charge is 2.10. The maximum atomic E-state index is 13.4. The molecule has 0 atom stereocenters. The largest absolute Gasteiger partial charge is 0.434 e. The van der Waals surface area contributed by atoms with E-state index in [1.165, 1.54) is 18.3 Å². The predicted octanol–water partition coefficient (Wildman–Crippen LogP) is 4.48. The molecule has 0 amide bonds. The smallest absolute Gasteiger partial charge is 0.242 e. The number of benzene rings is 1. The van der Waals surface area contributed by atoms with Gasteiger partial charge in [-0.3, -0.25) is 0 Å². The molecule has 1 heterocycles. The third-order valence-corrected chi connectivity index (χ3v) is 2.72. The summed E-state index contributed by atoms with van der Waals surface area (Å²) < 4.78 is 19.3. The second-order valence-corrected chi connectivity index (χ2v) is 4.63. The van der Waals surface area contributed by atoms with E-state index in [-0.39, 0.29) is 21.9 Å². The van der Waals surface area contributed by atoms with Crippen LogP contribution in [-0.4, -0.2) is 9.97 Å². The van der Waals surface area contributed by atoms with Gasteiger partial charge in [-0.15, -0.1) is 0 Å². The molecule has 1 aromatic carbocycles. The van der Waals surface area contributed by atoms with Gasteiger partial charge in [0, 0.05) is 4.47 Å².